The lowest BCUT2D eigenvalue weighted by Gasteiger charge is -2.12. The van der Waals surface area contributed by atoms with Crippen LogP contribution in [0.25, 0.3) is 0 Å². The van der Waals surface area contributed by atoms with Crippen molar-refractivity contribution in [3.8, 4) is 0 Å². The number of ketones is 1. The Labute approximate surface area is 81.8 Å². The molecule has 0 aliphatic heterocycles. The molecule has 0 atom stereocenters. The summed E-state index contributed by atoms with van der Waals surface area (Å²) in [6.45, 7) is 0. The summed E-state index contributed by atoms with van der Waals surface area (Å²) in [6.07, 6.45) is 0. The number of nitrogens with zero attached hydrogens (tertiary/aromatic N) is 1. The van der Waals surface area contributed by atoms with Crippen molar-refractivity contribution in [2.45, 2.75) is 0 Å². The van der Waals surface area contributed by atoms with Crippen LogP contribution in [0.2, 0.25) is 0 Å². The zero-order valence-electron chi connectivity index (χ0n) is 8.02. The molecule has 74 valence electrons. The molecule has 4 heteroatoms. The van der Waals surface area contributed by atoms with E-state index in [0.717, 1.165) is 5.69 Å². The van der Waals surface area contributed by atoms with E-state index >= 15 is 0 Å². The van der Waals surface area contributed by atoms with E-state index in [-0.39, 0.29) is 5.56 Å². The molecule has 0 aliphatic carbocycles. The van der Waals surface area contributed by atoms with Crippen LogP contribution in [0.1, 0.15) is 10.4 Å². The average Bonchev–Trinajstić information content (AvgIpc) is 2.16. The summed E-state index contributed by atoms with van der Waals surface area (Å²) in [5.41, 5.74) is 1.00. The fraction of sp³-hybridized carbons (Fsp3) is 0.200. The van der Waals surface area contributed by atoms with Crippen LogP contribution in [0.15, 0.2) is 24.3 Å². The molecule has 0 saturated heterocycles. The van der Waals surface area contributed by atoms with Crippen LogP contribution in [0.3, 0.4) is 0 Å². The lowest BCUT2D eigenvalue weighted by atomic mass is 10.1. The van der Waals surface area contributed by atoms with Crippen LogP contribution in [0.4, 0.5) is 5.69 Å². The van der Waals surface area contributed by atoms with Crippen molar-refractivity contribution in [1.29, 1.82) is 0 Å². The number of aliphatic carboxylic acids is 1. The monoisotopic (exact) mass is 193 g/mol. The second-order valence-electron chi connectivity index (χ2n) is 3.08. The molecule has 0 amide bonds. The zero-order valence-corrected chi connectivity index (χ0v) is 8.02. The first-order valence-corrected chi connectivity index (χ1v) is 4.07. The number of carbonyl (C=O) groups excluding carboxylic acids is 1. The number of carbonyl (C=O) groups is 2. The Morgan fingerprint density at radius 3 is 2.43 bits per heavy atom. The predicted molar refractivity (Wildman–Crippen MR) is 52.7 cm³/mol. The zero-order chi connectivity index (χ0) is 10.7. The Hall–Kier alpha value is -1.84. The van der Waals surface area contributed by atoms with Crippen molar-refractivity contribution in [3.63, 3.8) is 0 Å². The number of hydrogen-bond donors (Lipinski definition) is 1. The molecule has 0 fully saturated rings. The van der Waals surface area contributed by atoms with Crippen LogP contribution >= 0.6 is 0 Å². The molecule has 14 heavy (non-hydrogen) atoms. The van der Waals surface area contributed by atoms with Crippen molar-refractivity contribution in [2.75, 3.05) is 19.0 Å². The summed E-state index contributed by atoms with van der Waals surface area (Å²) < 4.78 is 0. The molecule has 0 aliphatic rings. The average molecular weight is 193 g/mol. The van der Waals surface area contributed by atoms with Crippen LogP contribution in [-0.2, 0) is 4.79 Å². The maximum Gasteiger partial charge on any atom is 0.377 e. The third-order valence-electron chi connectivity index (χ3n) is 1.82. The van der Waals surface area contributed by atoms with Gasteiger partial charge in [-0.25, -0.2) is 4.79 Å². The maximum absolute atomic E-state index is 11.1. The van der Waals surface area contributed by atoms with Gasteiger partial charge in [0.1, 0.15) is 0 Å². The standard InChI is InChI=1S/C10H11NO3/c1-11(2)8-5-3-4-7(6-8)9(12)10(13)14/h3-6H,1-2H3,(H,13,14). The second-order valence-corrected chi connectivity index (χ2v) is 3.08. The number of Topliss-reactive ketones (excluding diaryl/α,β-unsaturated/α-hetero) is 1. The Kier molecular flexibility index (Phi) is 2.86. The van der Waals surface area contributed by atoms with Gasteiger partial charge in [-0.2, -0.15) is 0 Å². The fourth-order valence-corrected chi connectivity index (χ4v) is 1.05. The third kappa shape index (κ3) is 2.10. The van der Waals surface area contributed by atoms with E-state index in [4.69, 9.17) is 5.11 Å². The van der Waals surface area contributed by atoms with Crippen LogP contribution in [0.5, 0.6) is 0 Å². The first-order valence-electron chi connectivity index (χ1n) is 4.07. The summed E-state index contributed by atoms with van der Waals surface area (Å²) >= 11 is 0. The van der Waals surface area contributed by atoms with Gasteiger partial charge in [-0.05, 0) is 12.1 Å². The van der Waals surface area contributed by atoms with Crippen LogP contribution in [0, 0.1) is 0 Å². The molecule has 0 heterocycles. The van der Waals surface area contributed by atoms with Crippen molar-refractivity contribution in [3.05, 3.63) is 29.8 Å². The van der Waals surface area contributed by atoms with Gasteiger partial charge >= 0.3 is 5.97 Å². The number of hydrogen-bond acceptors (Lipinski definition) is 3. The molecule has 0 unspecified atom stereocenters. The molecular weight excluding hydrogens is 182 g/mol. The van der Waals surface area contributed by atoms with Gasteiger partial charge in [0, 0.05) is 25.3 Å². The predicted octanol–water partition coefficient (Wildman–Crippen LogP) is 1.02. The second kappa shape index (κ2) is 3.91. The lowest BCUT2D eigenvalue weighted by molar-refractivity contribution is -0.131. The Morgan fingerprint density at radius 2 is 1.93 bits per heavy atom. The van der Waals surface area contributed by atoms with E-state index in [0.29, 0.717) is 0 Å². The van der Waals surface area contributed by atoms with Crippen molar-refractivity contribution >= 4 is 17.4 Å². The van der Waals surface area contributed by atoms with Gasteiger partial charge < -0.3 is 10.0 Å². The summed E-state index contributed by atoms with van der Waals surface area (Å²) in [6, 6.07) is 6.50. The quantitative estimate of drug-likeness (QED) is 0.575. The molecule has 1 N–H and O–H groups in total. The summed E-state index contributed by atoms with van der Waals surface area (Å²) in [5.74, 6) is -2.31. The van der Waals surface area contributed by atoms with E-state index < -0.39 is 11.8 Å². The van der Waals surface area contributed by atoms with Gasteiger partial charge in [0.05, 0.1) is 0 Å². The van der Waals surface area contributed by atoms with Crippen LogP contribution < -0.4 is 4.90 Å². The molecule has 1 rings (SSSR count). The van der Waals surface area contributed by atoms with E-state index in [1.165, 1.54) is 6.07 Å². The highest BCUT2D eigenvalue weighted by molar-refractivity contribution is 6.39. The summed E-state index contributed by atoms with van der Waals surface area (Å²) in [7, 11) is 3.65. The van der Waals surface area contributed by atoms with Gasteiger partial charge in [0.25, 0.3) is 5.78 Å². The number of anilines is 1. The molecule has 0 radical (unpaired) electrons. The number of benzene rings is 1. The maximum atomic E-state index is 11.1. The van der Waals surface area contributed by atoms with Crippen molar-refractivity contribution < 1.29 is 14.7 Å². The molecule has 0 bridgehead atoms. The Morgan fingerprint density at radius 1 is 1.29 bits per heavy atom. The first-order chi connectivity index (χ1) is 6.52. The molecule has 0 aromatic heterocycles. The topological polar surface area (TPSA) is 57.6 Å². The third-order valence-corrected chi connectivity index (χ3v) is 1.82. The van der Waals surface area contributed by atoms with Gasteiger partial charge in [0.2, 0.25) is 0 Å². The summed E-state index contributed by atoms with van der Waals surface area (Å²) in [4.78, 5) is 23.3. The van der Waals surface area contributed by atoms with Crippen molar-refractivity contribution in [1.82, 2.24) is 0 Å². The SMILES string of the molecule is CN(C)c1cccc(C(=O)C(=O)O)c1. The fourth-order valence-electron chi connectivity index (χ4n) is 1.05. The largest absolute Gasteiger partial charge is 0.475 e. The molecule has 0 spiro atoms. The molecule has 1 aromatic rings. The van der Waals surface area contributed by atoms with Gasteiger partial charge in [-0.15, -0.1) is 0 Å². The first kappa shape index (κ1) is 10.2. The summed E-state index contributed by atoms with van der Waals surface area (Å²) in [5, 5.41) is 8.50. The van der Waals surface area contributed by atoms with Crippen LogP contribution in [-0.4, -0.2) is 31.0 Å². The van der Waals surface area contributed by atoms with Gasteiger partial charge in [-0.3, -0.25) is 4.79 Å². The minimum absolute atomic E-state index is 0.198. The molecule has 0 saturated carbocycles. The molecule has 4 nitrogen and oxygen atoms in total. The highest BCUT2D eigenvalue weighted by Crippen LogP contribution is 2.13. The minimum atomic E-state index is -1.43. The highest BCUT2D eigenvalue weighted by Gasteiger charge is 2.14. The van der Waals surface area contributed by atoms with E-state index in [9.17, 15) is 9.59 Å². The van der Waals surface area contributed by atoms with E-state index in [1.54, 1.807) is 23.1 Å². The highest BCUT2D eigenvalue weighted by atomic mass is 16.4. The lowest BCUT2D eigenvalue weighted by Crippen LogP contribution is -2.14. The van der Waals surface area contributed by atoms with E-state index in [2.05, 4.69) is 0 Å². The normalized spacial score (nSPS) is 9.57. The van der Waals surface area contributed by atoms with Gasteiger partial charge in [-0.1, -0.05) is 12.1 Å². The number of carboxylic acids is 1. The molecule has 1 aromatic carbocycles. The minimum Gasteiger partial charge on any atom is -0.475 e. The number of rotatable bonds is 3. The van der Waals surface area contributed by atoms with Crippen molar-refractivity contribution in [2.24, 2.45) is 0 Å². The Balaban J connectivity index is 3.06. The number of carboxylic acid groups (broad SMARTS) is 1. The smallest absolute Gasteiger partial charge is 0.377 e. The van der Waals surface area contributed by atoms with Gasteiger partial charge in [0.15, 0.2) is 0 Å². The Bertz CT molecular complexity index is 371. The van der Waals surface area contributed by atoms with E-state index in [1.807, 2.05) is 14.1 Å². The molecular formula is C10H11NO3.